The van der Waals surface area contributed by atoms with Crippen molar-refractivity contribution in [2.75, 3.05) is 0 Å². The van der Waals surface area contributed by atoms with Crippen molar-refractivity contribution in [1.29, 1.82) is 0 Å². The molecule has 0 aromatic heterocycles. The van der Waals surface area contributed by atoms with Crippen LogP contribution in [0.1, 0.15) is 16.7 Å². The van der Waals surface area contributed by atoms with E-state index in [1.165, 1.54) is 0 Å². The Morgan fingerprint density at radius 1 is 1.21 bits per heavy atom. The molecule has 0 saturated carbocycles. The van der Waals surface area contributed by atoms with E-state index in [0.29, 0.717) is 5.56 Å². The summed E-state index contributed by atoms with van der Waals surface area (Å²) in [6.07, 6.45) is -4.56. The average Bonchev–Trinajstić information content (AvgIpc) is 2.05. The monoisotopic (exact) mass is 204 g/mol. The minimum absolute atomic E-state index is 0.420. The number of hydrogen-bond acceptors (Lipinski definition) is 1. The maximum Gasteiger partial charge on any atom is 0.522 e. The van der Waals surface area contributed by atoms with Crippen LogP contribution in [0.15, 0.2) is 18.2 Å². The van der Waals surface area contributed by atoms with Crippen LogP contribution < -0.4 is 0 Å². The van der Waals surface area contributed by atoms with Crippen molar-refractivity contribution in [3.8, 4) is 0 Å². The minimum Gasteiger partial charge on any atom is -0.287 e. The molecule has 0 unspecified atom stereocenters. The zero-order valence-corrected chi connectivity index (χ0v) is 7.98. The van der Waals surface area contributed by atoms with Crippen LogP contribution in [0.4, 0.5) is 13.2 Å². The van der Waals surface area contributed by atoms with E-state index in [1.807, 2.05) is 13.0 Å². The molecule has 0 aliphatic heterocycles. The van der Waals surface area contributed by atoms with Crippen LogP contribution in [0.5, 0.6) is 0 Å². The summed E-state index contributed by atoms with van der Waals surface area (Å²) < 4.78 is 39.0. The summed E-state index contributed by atoms with van der Waals surface area (Å²) in [5.74, 6) is 0. The van der Waals surface area contributed by atoms with Gasteiger partial charge in [-0.3, -0.25) is 4.74 Å². The average molecular weight is 204 g/mol. The molecule has 0 aliphatic rings. The van der Waals surface area contributed by atoms with Gasteiger partial charge in [-0.25, -0.2) is 0 Å². The summed E-state index contributed by atoms with van der Waals surface area (Å²) in [5.41, 5.74) is 2.30. The van der Waals surface area contributed by atoms with Crippen LogP contribution in [-0.4, -0.2) is 6.36 Å². The summed E-state index contributed by atoms with van der Waals surface area (Å²) in [7, 11) is 0. The topological polar surface area (TPSA) is 9.23 Å². The number of aryl methyl sites for hydroxylation is 2. The van der Waals surface area contributed by atoms with Gasteiger partial charge in [-0.15, -0.1) is 13.2 Å². The molecule has 0 spiro atoms. The summed E-state index contributed by atoms with van der Waals surface area (Å²) >= 11 is 0. The van der Waals surface area contributed by atoms with Gasteiger partial charge in [0, 0.05) is 0 Å². The second-order valence-corrected chi connectivity index (χ2v) is 3.16. The highest BCUT2D eigenvalue weighted by Crippen LogP contribution is 2.20. The Balaban J connectivity index is 2.72. The lowest BCUT2D eigenvalue weighted by atomic mass is 10.1. The van der Waals surface area contributed by atoms with E-state index < -0.39 is 13.0 Å². The van der Waals surface area contributed by atoms with Crippen molar-refractivity contribution in [2.24, 2.45) is 0 Å². The van der Waals surface area contributed by atoms with E-state index >= 15 is 0 Å². The van der Waals surface area contributed by atoms with Crippen molar-refractivity contribution in [2.45, 2.75) is 26.8 Å². The highest BCUT2D eigenvalue weighted by molar-refractivity contribution is 5.29. The second kappa shape index (κ2) is 4.00. The number of benzene rings is 1. The second-order valence-electron chi connectivity index (χ2n) is 3.16. The van der Waals surface area contributed by atoms with Crippen molar-refractivity contribution in [1.82, 2.24) is 0 Å². The van der Waals surface area contributed by atoms with Crippen LogP contribution >= 0.6 is 0 Å². The molecule has 1 nitrogen and oxygen atoms in total. The molecule has 0 bridgehead atoms. The molecule has 0 heterocycles. The molecule has 0 aliphatic carbocycles. The van der Waals surface area contributed by atoms with Gasteiger partial charge in [-0.2, -0.15) is 0 Å². The minimum atomic E-state index is -4.56. The Morgan fingerprint density at radius 2 is 1.86 bits per heavy atom. The quantitative estimate of drug-likeness (QED) is 0.717. The summed E-state index contributed by atoms with van der Waals surface area (Å²) in [4.78, 5) is 0. The predicted molar refractivity (Wildman–Crippen MR) is 46.8 cm³/mol. The maximum absolute atomic E-state index is 11.8. The van der Waals surface area contributed by atoms with Gasteiger partial charge in [0.25, 0.3) is 0 Å². The molecular weight excluding hydrogens is 193 g/mol. The van der Waals surface area contributed by atoms with Gasteiger partial charge in [0.1, 0.15) is 0 Å². The molecule has 14 heavy (non-hydrogen) atoms. The first-order chi connectivity index (χ1) is 6.38. The van der Waals surface area contributed by atoms with E-state index in [1.54, 1.807) is 19.1 Å². The summed E-state index contributed by atoms with van der Waals surface area (Å²) in [6.45, 7) is 3.17. The van der Waals surface area contributed by atoms with Crippen LogP contribution in [-0.2, 0) is 11.3 Å². The van der Waals surface area contributed by atoms with Gasteiger partial charge >= 0.3 is 6.36 Å². The van der Waals surface area contributed by atoms with Gasteiger partial charge in [-0.1, -0.05) is 23.8 Å². The molecule has 0 N–H and O–H groups in total. The number of hydrogen-bond donors (Lipinski definition) is 0. The predicted octanol–water partition coefficient (Wildman–Crippen LogP) is 3.34. The van der Waals surface area contributed by atoms with E-state index in [2.05, 4.69) is 4.74 Å². The van der Waals surface area contributed by atoms with Crippen LogP contribution in [0.2, 0.25) is 0 Å². The molecule has 1 rings (SSSR count). The summed E-state index contributed by atoms with van der Waals surface area (Å²) in [6, 6.07) is 5.33. The molecule has 0 amide bonds. The fourth-order valence-corrected chi connectivity index (χ4v) is 1.12. The normalized spacial score (nSPS) is 11.8. The third-order valence-electron chi connectivity index (χ3n) is 1.90. The van der Waals surface area contributed by atoms with Gasteiger partial charge in [0.05, 0.1) is 6.61 Å². The molecule has 0 fully saturated rings. The third kappa shape index (κ3) is 3.38. The Hall–Kier alpha value is -1.03. The first-order valence-corrected chi connectivity index (χ1v) is 4.15. The SMILES string of the molecule is Cc1ccc(C)c(COC(F)(F)F)c1. The largest absolute Gasteiger partial charge is 0.522 e. The lowest BCUT2D eigenvalue weighted by Crippen LogP contribution is -2.13. The summed E-state index contributed by atoms with van der Waals surface area (Å²) in [5, 5.41) is 0. The van der Waals surface area contributed by atoms with Crippen molar-refractivity contribution >= 4 is 0 Å². The molecule has 0 atom stereocenters. The zero-order chi connectivity index (χ0) is 10.8. The Kier molecular flexibility index (Phi) is 3.16. The fourth-order valence-electron chi connectivity index (χ4n) is 1.12. The Bertz CT molecular complexity index is 318. The number of halogens is 3. The molecule has 0 saturated heterocycles. The standard InChI is InChI=1S/C10H11F3O/c1-7-3-4-8(2)9(5-7)6-14-10(11,12)13/h3-5H,6H2,1-2H3. The number of alkyl halides is 3. The van der Waals surface area contributed by atoms with Gasteiger partial charge < -0.3 is 0 Å². The first kappa shape index (κ1) is 11.0. The van der Waals surface area contributed by atoms with Crippen LogP contribution in [0.3, 0.4) is 0 Å². The highest BCUT2D eigenvalue weighted by atomic mass is 19.4. The molecule has 1 aromatic rings. The molecule has 4 heteroatoms. The lowest BCUT2D eigenvalue weighted by Gasteiger charge is -2.10. The maximum atomic E-state index is 11.8. The van der Waals surface area contributed by atoms with Gasteiger partial charge in [-0.05, 0) is 25.0 Å². The molecule has 0 radical (unpaired) electrons. The van der Waals surface area contributed by atoms with Crippen molar-refractivity contribution < 1.29 is 17.9 Å². The van der Waals surface area contributed by atoms with Crippen LogP contribution in [0.25, 0.3) is 0 Å². The molecular formula is C10H11F3O. The van der Waals surface area contributed by atoms with Crippen LogP contribution in [0, 0.1) is 13.8 Å². The van der Waals surface area contributed by atoms with Crippen molar-refractivity contribution in [3.63, 3.8) is 0 Å². The van der Waals surface area contributed by atoms with Gasteiger partial charge in [0.2, 0.25) is 0 Å². The van der Waals surface area contributed by atoms with E-state index in [-0.39, 0.29) is 0 Å². The Labute approximate surface area is 80.5 Å². The highest BCUT2D eigenvalue weighted by Gasteiger charge is 2.29. The van der Waals surface area contributed by atoms with E-state index in [4.69, 9.17) is 0 Å². The first-order valence-electron chi connectivity index (χ1n) is 4.15. The lowest BCUT2D eigenvalue weighted by molar-refractivity contribution is -0.330. The Morgan fingerprint density at radius 3 is 2.43 bits per heavy atom. The van der Waals surface area contributed by atoms with Crippen molar-refractivity contribution in [3.05, 3.63) is 34.9 Å². The van der Waals surface area contributed by atoms with E-state index in [0.717, 1.165) is 11.1 Å². The molecule has 78 valence electrons. The third-order valence-corrected chi connectivity index (χ3v) is 1.90. The number of ether oxygens (including phenoxy) is 1. The fraction of sp³-hybridized carbons (Fsp3) is 0.400. The number of rotatable bonds is 2. The van der Waals surface area contributed by atoms with Gasteiger partial charge in [0.15, 0.2) is 0 Å². The molecule has 1 aromatic carbocycles. The smallest absolute Gasteiger partial charge is 0.287 e. The zero-order valence-electron chi connectivity index (χ0n) is 7.98. The van der Waals surface area contributed by atoms with E-state index in [9.17, 15) is 13.2 Å².